The van der Waals surface area contributed by atoms with Gasteiger partial charge in [-0.2, -0.15) is 0 Å². The SMILES string of the molecule is Cc1nc(N)c2c(n1)CCN(CCO)CC2. The van der Waals surface area contributed by atoms with Gasteiger partial charge in [0.2, 0.25) is 0 Å². The summed E-state index contributed by atoms with van der Waals surface area (Å²) >= 11 is 0. The van der Waals surface area contributed by atoms with Crippen LogP contribution in [0.2, 0.25) is 0 Å². The molecule has 0 bridgehead atoms. The summed E-state index contributed by atoms with van der Waals surface area (Å²) in [4.78, 5) is 10.9. The summed E-state index contributed by atoms with van der Waals surface area (Å²) in [5, 5.41) is 8.93. The van der Waals surface area contributed by atoms with Crippen molar-refractivity contribution in [3.8, 4) is 0 Å². The van der Waals surface area contributed by atoms with E-state index in [0.29, 0.717) is 5.82 Å². The minimum atomic E-state index is 0.205. The van der Waals surface area contributed by atoms with Crippen molar-refractivity contribution in [2.45, 2.75) is 19.8 Å². The number of aliphatic hydroxyl groups is 1. The zero-order valence-electron chi connectivity index (χ0n) is 9.61. The summed E-state index contributed by atoms with van der Waals surface area (Å²) in [6, 6.07) is 0. The number of aliphatic hydroxyl groups excluding tert-OH is 1. The number of fused-ring (bicyclic) bond motifs is 1. The molecule has 16 heavy (non-hydrogen) atoms. The van der Waals surface area contributed by atoms with Crippen LogP contribution in [0.1, 0.15) is 17.1 Å². The molecule has 0 unspecified atom stereocenters. The number of hydrogen-bond acceptors (Lipinski definition) is 5. The van der Waals surface area contributed by atoms with E-state index in [9.17, 15) is 0 Å². The smallest absolute Gasteiger partial charge is 0.130 e. The van der Waals surface area contributed by atoms with Gasteiger partial charge in [0.1, 0.15) is 11.6 Å². The topological polar surface area (TPSA) is 75.3 Å². The molecule has 1 aliphatic heterocycles. The van der Waals surface area contributed by atoms with Crippen LogP contribution in [0.4, 0.5) is 5.82 Å². The number of β-amino-alcohol motifs (C(OH)–C–C–N with tert-alkyl or cyclic N) is 1. The third kappa shape index (κ3) is 2.31. The van der Waals surface area contributed by atoms with Crippen LogP contribution in [-0.2, 0) is 12.8 Å². The predicted octanol–water partition coefficient (Wildman–Crippen LogP) is -0.240. The van der Waals surface area contributed by atoms with E-state index in [2.05, 4.69) is 14.9 Å². The van der Waals surface area contributed by atoms with Crippen LogP contribution in [0.3, 0.4) is 0 Å². The van der Waals surface area contributed by atoms with Crippen LogP contribution in [-0.4, -0.2) is 46.2 Å². The van der Waals surface area contributed by atoms with Crippen molar-refractivity contribution in [3.05, 3.63) is 17.1 Å². The molecule has 5 nitrogen and oxygen atoms in total. The molecule has 1 aromatic rings. The van der Waals surface area contributed by atoms with Gasteiger partial charge in [-0.3, -0.25) is 0 Å². The molecule has 0 radical (unpaired) electrons. The van der Waals surface area contributed by atoms with Crippen molar-refractivity contribution < 1.29 is 5.11 Å². The molecule has 2 heterocycles. The zero-order chi connectivity index (χ0) is 11.5. The maximum absolute atomic E-state index is 8.93. The number of nitrogens with two attached hydrogens (primary N) is 1. The molecule has 0 saturated carbocycles. The Labute approximate surface area is 95.3 Å². The highest BCUT2D eigenvalue weighted by atomic mass is 16.3. The fourth-order valence-corrected chi connectivity index (χ4v) is 2.17. The standard InChI is InChI=1S/C11H18N4O/c1-8-13-10-3-5-15(6-7-16)4-2-9(10)11(12)14-8/h16H,2-7H2,1H3,(H2,12,13,14). The Kier molecular flexibility index (Phi) is 3.36. The summed E-state index contributed by atoms with van der Waals surface area (Å²) in [5.41, 5.74) is 8.08. The van der Waals surface area contributed by atoms with Gasteiger partial charge in [-0.25, -0.2) is 9.97 Å². The van der Waals surface area contributed by atoms with Gasteiger partial charge in [0.25, 0.3) is 0 Å². The minimum absolute atomic E-state index is 0.205. The van der Waals surface area contributed by atoms with Crippen molar-refractivity contribution >= 4 is 5.82 Å². The van der Waals surface area contributed by atoms with E-state index in [4.69, 9.17) is 10.8 Å². The highest BCUT2D eigenvalue weighted by Crippen LogP contribution is 2.18. The molecule has 0 amide bonds. The number of aryl methyl sites for hydroxylation is 1. The molecular weight excluding hydrogens is 204 g/mol. The normalized spacial score (nSPS) is 16.9. The van der Waals surface area contributed by atoms with Gasteiger partial charge < -0.3 is 15.7 Å². The van der Waals surface area contributed by atoms with E-state index in [-0.39, 0.29) is 6.61 Å². The van der Waals surface area contributed by atoms with Crippen LogP contribution >= 0.6 is 0 Å². The van der Waals surface area contributed by atoms with Crippen molar-refractivity contribution in [3.63, 3.8) is 0 Å². The maximum Gasteiger partial charge on any atom is 0.130 e. The van der Waals surface area contributed by atoms with Gasteiger partial charge in [0.15, 0.2) is 0 Å². The summed E-state index contributed by atoms with van der Waals surface area (Å²) in [6.07, 6.45) is 1.77. The molecule has 5 heteroatoms. The third-order valence-electron chi connectivity index (χ3n) is 3.00. The van der Waals surface area contributed by atoms with Crippen molar-refractivity contribution in [1.82, 2.24) is 14.9 Å². The van der Waals surface area contributed by atoms with E-state index in [1.165, 1.54) is 0 Å². The second kappa shape index (κ2) is 4.76. The van der Waals surface area contributed by atoms with Gasteiger partial charge in [-0.05, 0) is 13.3 Å². The largest absolute Gasteiger partial charge is 0.395 e. The number of anilines is 1. The summed E-state index contributed by atoms with van der Waals surface area (Å²) in [7, 11) is 0. The molecule has 0 atom stereocenters. The van der Waals surface area contributed by atoms with Crippen molar-refractivity contribution in [2.24, 2.45) is 0 Å². The van der Waals surface area contributed by atoms with Crippen molar-refractivity contribution in [2.75, 3.05) is 32.0 Å². The van der Waals surface area contributed by atoms with Crippen LogP contribution in [0.5, 0.6) is 0 Å². The van der Waals surface area contributed by atoms with Crippen LogP contribution in [0, 0.1) is 6.92 Å². The predicted molar refractivity (Wildman–Crippen MR) is 62.1 cm³/mol. The molecule has 0 aliphatic carbocycles. The molecule has 0 aromatic carbocycles. The van der Waals surface area contributed by atoms with E-state index >= 15 is 0 Å². The Bertz CT molecular complexity index is 380. The van der Waals surface area contributed by atoms with E-state index in [0.717, 1.165) is 49.6 Å². The molecular formula is C11H18N4O. The molecule has 0 spiro atoms. The van der Waals surface area contributed by atoms with Crippen LogP contribution < -0.4 is 5.73 Å². The Hall–Kier alpha value is -1.20. The quantitative estimate of drug-likeness (QED) is 0.722. The Morgan fingerprint density at radius 3 is 2.81 bits per heavy atom. The Balaban J connectivity index is 2.20. The van der Waals surface area contributed by atoms with Gasteiger partial charge in [0.05, 0.1) is 12.3 Å². The number of hydrogen-bond donors (Lipinski definition) is 2. The molecule has 3 N–H and O–H groups in total. The fourth-order valence-electron chi connectivity index (χ4n) is 2.17. The summed E-state index contributed by atoms with van der Waals surface area (Å²) < 4.78 is 0. The molecule has 1 aromatic heterocycles. The highest BCUT2D eigenvalue weighted by molar-refractivity contribution is 5.43. The minimum Gasteiger partial charge on any atom is -0.395 e. The first-order valence-electron chi connectivity index (χ1n) is 5.66. The van der Waals surface area contributed by atoms with Crippen molar-refractivity contribution in [1.29, 1.82) is 0 Å². The average molecular weight is 222 g/mol. The first-order chi connectivity index (χ1) is 7.70. The Morgan fingerprint density at radius 1 is 1.31 bits per heavy atom. The van der Waals surface area contributed by atoms with Gasteiger partial charge >= 0.3 is 0 Å². The highest BCUT2D eigenvalue weighted by Gasteiger charge is 2.17. The van der Waals surface area contributed by atoms with E-state index in [1.807, 2.05) is 6.92 Å². The number of nitrogens with zero attached hydrogens (tertiary/aromatic N) is 3. The monoisotopic (exact) mass is 222 g/mol. The Morgan fingerprint density at radius 2 is 2.06 bits per heavy atom. The van der Waals surface area contributed by atoms with Crippen LogP contribution in [0.25, 0.3) is 0 Å². The van der Waals surface area contributed by atoms with Crippen LogP contribution in [0.15, 0.2) is 0 Å². The first-order valence-corrected chi connectivity index (χ1v) is 5.66. The number of aromatic nitrogens is 2. The fraction of sp³-hybridized carbons (Fsp3) is 0.636. The maximum atomic E-state index is 8.93. The molecule has 1 aliphatic rings. The van der Waals surface area contributed by atoms with E-state index < -0.39 is 0 Å². The first kappa shape index (κ1) is 11.3. The lowest BCUT2D eigenvalue weighted by Gasteiger charge is -2.17. The van der Waals surface area contributed by atoms with Gasteiger partial charge in [-0.1, -0.05) is 0 Å². The summed E-state index contributed by atoms with van der Waals surface area (Å²) in [5.74, 6) is 1.36. The third-order valence-corrected chi connectivity index (χ3v) is 3.00. The number of nitrogen functional groups attached to an aromatic ring is 1. The van der Waals surface area contributed by atoms with Gasteiger partial charge in [-0.15, -0.1) is 0 Å². The van der Waals surface area contributed by atoms with Gasteiger partial charge in [0, 0.05) is 31.6 Å². The lowest BCUT2D eigenvalue weighted by atomic mass is 10.1. The number of rotatable bonds is 2. The second-order valence-electron chi connectivity index (χ2n) is 4.15. The molecule has 0 fully saturated rings. The zero-order valence-corrected chi connectivity index (χ0v) is 9.61. The lowest BCUT2D eigenvalue weighted by molar-refractivity contribution is 0.201. The second-order valence-corrected chi connectivity index (χ2v) is 4.15. The molecule has 0 saturated heterocycles. The molecule has 88 valence electrons. The summed E-state index contributed by atoms with van der Waals surface area (Å²) in [6.45, 7) is 4.65. The van der Waals surface area contributed by atoms with E-state index in [1.54, 1.807) is 0 Å². The lowest BCUT2D eigenvalue weighted by Crippen LogP contribution is -2.29. The molecule has 2 rings (SSSR count). The average Bonchev–Trinajstić information content (AvgIpc) is 2.42.